The van der Waals surface area contributed by atoms with Crippen LogP contribution in [0.4, 0.5) is 0 Å². The molecular formula is C7H10N2O3. The molecule has 0 radical (unpaired) electrons. The monoisotopic (exact) mass is 170 g/mol. The molecule has 0 saturated carbocycles. The lowest BCUT2D eigenvalue weighted by Crippen LogP contribution is -2.22. The standard InChI is InChI=1S/C7H10N2O3/c1-9-3-5(8-4-9)2-6(10)7(11)12/h3-4,6,10H,2H2,1H3,(H,11,12). The maximum Gasteiger partial charge on any atom is 0.332 e. The highest BCUT2D eigenvalue weighted by atomic mass is 16.4. The first kappa shape index (κ1) is 8.73. The summed E-state index contributed by atoms with van der Waals surface area (Å²) in [7, 11) is 1.78. The van der Waals surface area contributed by atoms with Crippen molar-refractivity contribution in [3.05, 3.63) is 18.2 Å². The van der Waals surface area contributed by atoms with Crippen molar-refractivity contribution in [3.8, 4) is 0 Å². The third-order valence-corrected chi connectivity index (χ3v) is 1.45. The molecule has 1 aromatic rings. The molecule has 0 aliphatic heterocycles. The average molecular weight is 170 g/mol. The second-order valence-electron chi connectivity index (χ2n) is 2.59. The van der Waals surface area contributed by atoms with E-state index in [1.165, 1.54) is 0 Å². The van der Waals surface area contributed by atoms with Gasteiger partial charge >= 0.3 is 5.97 Å². The van der Waals surface area contributed by atoms with E-state index >= 15 is 0 Å². The molecule has 0 amide bonds. The predicted octanol–water partition coefficient (Wildman–Crippen LogP) is -0.592. The van der Waals surface area contributed by atoms with Crippen LogP contribution in [0, 0.1) is 0 Å². The fourth-order valence-electron chi connectivity index (χ4n) is 0.858. The van der Waals surface area contributed by atoms with E-state index in [4.69, 9.17) is 10.2 Å². The maximum atomic E-state index is 10.2. The predicted molar refractivity (Wildman–Crippen MR) is 40.6 cm³/mol. The number of aliphatic carboxylic acids is 1. The minimum Gasteiger partial charge on any atom is -0.479 e. The Kier molecular flexibility index (Phi) is 2.44. The Bertz CT molecular complexity index is 282. The molecule has 1 heterocycles. The van der Waals surface area contributed by atoms with E-state index in [1.807, 2.05) is 0 Å². The summed E-state index contributed by atoms with van der Waals surface area (Å²) in [6, 6.07) is 0. The summed E-state index contributed by atoms with van der Waals surface area (Å²) in [5, 5.41) is 17.3. The minimum atomic E-state index is -1.36. The van der Waals surface area contributed by atoms with Crippen molar-refractivity contribution in [2.24, 2.45) is 7.05 Å². The highest BCUT2D eigenvalue weighted by molar-refractivity contribution is 5.72. The van der Waals surface area contributed by atoms with Gasteiger partial charge in [-0.25, -0.2) is 9.78 Å². The lowest BCUT2D eigenvalue weighted by molar-refractivity contribution is -0.146. The molecule has 0 saturated heterocycles. The molecule has 0 aliphatic carbocycles. The van der Waals surface area contributed by atoms with Crippen molar-refractivity contribution in [1.29, 1.82) is 0 Å². The largest absolute Gasteiger partial charge is 0.479 e. The molecule has 0 fully saturated rings. The number of aryl methyl sites for hydroxylation is 1. The van der Waals surface area contributed by atoms with Gasteiger partial charge in [-0.15, -0.1) is 0 Å². The number of carboxylic acids is 1. The van der Waals surface area contributed by atoms with Gasteiger partial charge in [0.05, 0.1) is 12.0 Å². The van der Waals surface area contributed by atoms with Gasteiger partial charge in [0, 0.05) is 19.7 Å². The summed E-state index contributed by atoms with van der Waals surface area (Å²) in [6.45, 7) is 0. The lowest BCUT2D eigenvalue weighted by atomic mass is 10.2. The van der Waals surface area contributed by atoms with Crippen LogP contribution in [0.5, 0.6) is 0 Å². The normalized spacial score (nSPS) is 12.8. The van der Waals surface area contributed by atoms with Gasteiger partial charge in [0.15, 0.2) is 6.10 Å². The number of hydrogen-bond acceptors (Lipinski definition) is 3. The van der Waals surface area contributed by atoms with Gasteiger partial charge in [0.25, 0.3) is 0 Å². The number of rotatable bonds is 3. The quantitative estimate of drug-likeness (QED) is 0.635. The maximum absolute atomic E-state index is 10.2. The van der Waals surface area contributed by atoms with Crippen molar-refractivity contribution in [3.63, 3.8) is 0 Å². The zero-order chi connectivity index (χ0) is 9.14. The van der Waals surface area contributed by atoms with Crippen LogP contribution in [0.3, 0.4) is 0 Å². The Morgan fingerprint density at radius 1 is 1.83 bits per heavy atom. The fourth-order valence-corrected chi connectivity index (χ4v) is 0.858. The summed E-state index contributed by atoms with van der Waals surface area (Å²) >= 11 is 0. The highest BCUT2D eigenvalue weighted by Gasteiger charge is 2.14. The van der Waals surface area contributed by atoms with Gasteiger partial charge in [-0.05, 0) is 0 Å². The van der Waals surface area contributed by atoms with Crippen molar-refractivity contribution in [2.45, 2.75) is 12.5 Å². The van der Waals surface area contributed by atoms with Gasteiger partial charge in [-0.1, -0.05) is 0 Å². The molecule has 66 valence electrons. The van der Waals surface area contributed by atoms with E-state index in [9.17, 15) is 4.79 Å². The molecule has 1 unspecified atom stereocenters. The molecule has 1 atom stereocenters. The Morgan fingerprint density at radius 3 is 2.92 bits per heavy atom. The van der Waals surface area contributed by atoms with Crippen molar-refractivity contribution in [2.75, 3.05) is 0 Å². The molecule has 1 rings (SSSR count). The van der Waals surface area contributed by atoms with Gasteiger partial charge in [0.1, 0.15) is 0 Å². The van der Waals surface area contributed by atoms with Crippen LogP contribution in [0.25, 0.3) is 0 Å². The van der Waals surface area contributed by atoms with Crippen LogP contribution in [0.1, 0.15) is 5.69 Å². The average Bonchev–Trinajstić information content (AvgIpc) is 2.35. The third-order valence-electron chi connectivity index (χ3n) is 1.45. The second kappa shape index (κ2) is 3.36. The minimum absolute atomic E-state index is 0.0518. The molecule has 12 heavy (non-hydrogen) atoms. The van der Waals surface area contributed by atoms with Gasteiger partial charge < -0.3 is 14.8 Å². The van der Waals surface area contributed by atoms with Crippen LogP contribution in [0.2, 0.25) is 0 Å². The van der Waals surface area contributed by atoms with Crippen LogP contribution in [0.15, 0.2) is 12.5 Å². The Balaban J connectivity index is 2.58. The van der Waals surface area contributed by atoms with Crippen LogP contribution < -0.4 is 0 Å². The summed E-state index contributed by atoms with van der Waals surface area (Å²) in [6.07, 6.45) is 1.92. The van der Waals surface area contributed by atoms with Crippen LogP contribution >= 0.6 is 0 Å². The van der Waals surface area contributed by atoms with E-state index in [0.717, 1.165) is 0 Å². The number of hydrogen-bond donors (Lipinski definition) is 2. The topological polar surface area (TPSA) is 75.3 Å². The van der Waals surface area contributed by atoms with Gasteiger partial charge in [0.2, 0.25) is 0 Å². The number of aliphatic hydroxyl groups is 1. The number of imidazole rings is 1. The Morgan fingerprint density at radius 2 is 2.50 bits per heavy atom. The van der Waals surface area contributed by atoms with Crippen molar-refractivity contribution in [1.82, 2.24) is 9.55 Å². The smallest absolute Gasteiger partial charge is 0.332 e. The van der Waals surface area contributed by atoms with Gasteiger partial charge in [-0.3, -0.25) is 0 Å². The number of aromatic nitrogens is 2. The molecule has 0 spiro atoms. The second-order valence-corrected chi connectivity index (χ2v) is 2.59. The van der Waals surface area contributed by atoms with E-state index in [1.54, 1.807) is 24.1 Å². The fraction of sp³-hybridized carbons (Fsp3) is 0.429. The summed E-state index contributed by atoms with van der Waals surface area (Å²) in [5.41, 5.74) is 0.576. The van der Waals surface area contributed by atoms with E-state index in [-0.39, 0.29) is 6.42 Å². The van der Waals surface area contributed by atoms with E-state index < -0.39 is 12.1 Å². The van der Waals surface area contributed by atoms with Crippen molar-refractivity contribution >= 4 is 5.97 Å². The zero-order valence-electron chi connectivity index (χ0n) is 6.64. The molecule has 5 nitrogen and oxygen atoms in total. The number of carbonyl (C=O) groups is 1. The first-order valence-electron chi connectivity index (χ1n) is 3.47. The Hall–Kier alpha value is -1.36. The molecule has 5 heteroatoms. The van der Waals surface area contributed by atoms with Gasteiger partial charge in [-0.2, -0.15) is 0 Å². The third kappa shape index (κ3) is 2.06. The first-order chi connectivity index (χ1) is 5.59. The molecular weight excluding hydrogens is 160 g/mol. The Labute approximate surface area is 69.3 Å². The van der Waals surface area contributed by atoms with E-state index in [0.29, 0.717) is 5.69 Å². The van der Waals surface area contributed by atoms with Crippen LogP contribution in [-0.4, -0.2) is 31.8 Å². The van der Waals surface area contributed by atoms with E-state index in [2.05, 4.69) is 4.98 Å². The molecule has 1 aromatic heterocycles. The highest BCUT2D eigenvalue weighted by Crippen LogP contribution is 1.99. The number of aliphatic hydroxyl groups excluding tert-OH is 1. The number of carboxylic acid groups (broad SMARTS) is 1. The SMILES string of the molecule is Cn1cnc(CC(O)C(=O)O)c1. The number of nitrogens with zero attached hydrogens (tertiary/aromatic N) is 2. The lowest BCUT2D eigenvalue weighted by Gasteiger charge is -2.00. The summed E-state index contributed by atoms with van der Waals surface area (Å²) in [5.74, 6) is -1.22. The first-order valence-corrected chi connectivity index (χ1v) is 3.47. The molecule has 0 aliphatic rings. The van der Waals surface area contributed by atoms with Crippen LogP contribution in [-0.2, 0) is 18.3 Å². The summed E-state index contributed by atoms with van der Waals surface area (Å²) < 4.78 is 1.70. The molecule has 0 aromatic carbocycles. The van der Waals surface area contributed by atoms with Crippen molar-refractivity contribution < 1.29 is 15.0 Å². The molecule has 2 N–H and O–H groups in total. The zero-order valence-corrected chi connectivity index (χ0v) is 6.64. The molecule has 0 bridgehead atoms. The summed E-state index contributed by atoms with van der Waals surface area (Å²) in [4.78, 5) is 14.1.